The molecule has 1 aromatic rings. The van der Waals surface area contributed by atoms with Crippen molar-refractivity contribution in [2.45, 2.75) is 6.92 Å². The average Bonchev–Trinajstić information content (AvgIpc) is 2.19. The summed E-state index contributed by atoms with van der Waals surface area (Å²) in [6.07, 6.45) is 0. The molecule has 0 aliphatic carbocycles. The molecule has 72 valence electrons. The predicted molar refractivity (Wildman–Crippen MR) is 51.7 cm³/mol. The number of esters is 1. The van der Waals surface area contributed by atoms with E-state index in [-0.39, 0.29) is 5.75 Å². The molecule has 0 aliphatic heterocycles. The number of aryl methyl sites for hydroxylation is 1. The molecule has 0 fully saturated rings. The lowest BCUT2D eigenvalue weighted by molar-refractivity contribution is -0.133. The van der Waals surface area contributed by atoms with Gasteiger partial charge in [0.1, 0.15) is 5.75 Å². The van der Waals surface area contributed by atoms with Crippen molar-refractivity contribution in [2.24, 2.45) is 0 Å². The van der Waals surface area contributed by atoms with E-state index in [0.29, 0.717) is 5.56 Å². The molecule has 0 atom stereocenters. The number of aromatic hydroxyl groups is 1. The number of carbonyl (C=O) groups excluding carboxylic acids is 1. The quantitative estimate of drug-likeness (QED) is 0.494. The molecule has 0 radical (unpaired) electrons. The summed E-state index contributed by atoms with van der Waals surface area (Å²) in [7, 11) is 1.27. The Morgan fingerprint density at radius 3 is 2.79 bits per heavy atom. The van der Waals surface area contributed by atoms with E-state index in [9.17, 15) is 9.90 Å². The van der Waals surface area contributed by atoms with Crippen LogP contribution in [0.5, 0.6) is 5.75 Å². The van der Waals surface area contributed by atoms with E-state index in [2.05, 4.69) is 16.6 Å². The normalized spacial score (nSPS) is 8.71. The zero-order valence-corrected chi connectivity index (χ0v) is 8.00. The van der Waals surface area contributed by atoms with Crippen LogP contribution in [0.1, 0.15) is 11.1 Å². The molecule has 0 aliphatic rings. The van der Waals surface area contributed by atoms with Crippen LogP contribution in [0.2, 0.25) is 0 Å². The fourth-order valence-corrected chi connectivity index (χ4v) is 0.861. The Morgan fingerprint density at radius 1 is 1.50 bits per heavy atom. The molecule has 0 saturated heterocycles. The van der Waals surface area contributed by atoms with Crippen LogP contribution >= 0.6 is 0 Å². The van der Waals surface area contributed by atoms with Crippen LogP contribution in [0.4, 0.5) is 0 Å². The molecule has 0 spiro atoms. The molecule has 0 heterocycles. The lowest BCUT2D eigenvalue weighted by Crippen LogP contribution is -1.94. The molecule has 14 heavy (non-hydrogen) atoms. The van der Waals surface area contributed by atoms with E-state index in [4.69, 9.17) is 0 Å². The minimum atomic E-state index is -0.593. The number of phenols is 1. The molecule has 0 aromatic heterocycles. The van der Waals surface area contributed by atoms with Gasteiger partial charge in [-0.2, -0.15) is 0 Å². The lowest BCUT2D eigenvalue weighted by atomic mass is 10.1. The smallest absolute Gasteiger partial charge is 0.384 e. The number of methoxy groups -OCH3 is 1. The highest BCUT2D eigenvalue weighted by atomic mass is 16.5. The first-order valence-electron chi connectivity index (χ1n) is 4.03. The highest BCUT2D eigenvalue weighted by Crippen LogP contribution is 2.16. The molecular formula is C11H10O3. The van der Waals surface area contributed by atoms with Gasteiger partial charge in [0, 0.05) is 11.5 Å². The summed E-state index contributed by atoms with van der Waals surface area (Å²) in [5, 5.41) is 9.34. The summed E-state index contributed by atoms with van der Waals surface area (Å²) in [6, 6.07) is 4.97. The minimum absolute atomic E-state index is 0.168. The molecule has 1 rings (SSSR count). The van der Waals surface area contributed by atoms with Crippen LogP contribution in [0, 0.1) is 18.8 Å². The van der Waals surface area contributed by atoms with Crippen LogP contribution in [-0.4, -0.2) is 18.2 Å². The van der Waals surface area contributed by atoms with Crippen LogP contribution < -0.4 is 0 Å². The fourth-order valence-electron chi connectivity index (χ4n) is 0.861. The molecule has 1 N–H and O–H groups in total. The minimum Gasteiger partial charge on any atom is -0.508 e. The Hall–Kier alpha value is -1.95. The number of benzene rings is 1. The number of ether oxygens (including phenoxy) is 1. The van der Waals surface area contributed by atoms with Gasteiger partial charge in [-0.3, -0.25) is 0 Å². The Morgan fingerprint density at radius 2 is 2.21 bits per heavy atom. The van der Waals surface area contributed by atoms with Gasteiger partial charge in [-0.15, -0.1) is 0 Å². The van der Waals surface area contributed by atoms with Gasteiger partial charge in [0.05, 0.1) is 7.11 Å². The number of carbonyl (C=O) groups is 1. The van der Waals surface area contributed by atoms with E-state index in [1.807, 2.05) is 0 Å². The summed E-state index contributed by atoms with van der Waals surface area (Å²) >= 11 is 0. The Bertz CT molecular complexity index is 410. The Balaban J connectivity index is 2.91. The standard InChI is InChI=1S/C11H10O3/c1-8-3-4-9(7-10(8)12)5-6-11(13)14-2/h3-4,7,12H,1-2H3. The summed E-state index contributed by atoms with van der Waals surface area (Å²) in [4.78, 5) is 10.7. The summed E-state index contributed by atoms with van der Waals surface area (Å²) in [5.41, 5.74) is 1.35. The van der Waals surface area contributed by atoms with E-state index in [1.165, 1.54) is 13.2 Å². The summed E-state index contributed by atoms with van der Waals surface area (Å²) in [5.74, 6) is 4.43. The molecule has 3 heteroatoms. The van der Waals surface area contributed by atoms with Crippen molar-refractivity contribution in [3.8, 4) is 17.6 Å². The molecular weight excluding hydrogens is 180 g/mol. The van der Waals surface area contributed by atoms with Crippen LogP contribution in [0.3, 0.4) is 0 Å². The van der Waals surface area contributed by atoms with Crippen molar-refractivity contribution in [3.05, 3.63) is 29.3 Å². The van der Waals surface area contributed by atoms with Crippen LogP contribution in [0.25, 0.3) is 0 Å². The maximum atomic E-state index is 10.7. The van der Waals surface area contributed by atoms with Crippen LogP contribution in [0.15, 0.2) is 18.2 Å². The average molecular weight is 190 g/mol. The first kappa shape index (κ1) is 10.1. The van der Waals surface area contributed by atoms with Crippen molar-refractivity contribution in [1.82, 2.24) is 0 Å². The predicted octanol–water partition coefficient (Wildman–Crippen LogP) is 1.23. The van der Waals surface area contributed by atoms with Gasteiger partial charge < -0.3 is 9.84 Å². The van der Waals surface area contributed by atoms with E-state index in [1.54, 1.807) is 19.1 Å². The third kappa shape index (κ3) is 2.53. The lowest BCUT2D eigenvalue weighted by Gasteiger charge is -1.97. The SMILES string of the molecule is COC(=O)C#Cc1ccc(C)c(O)c1. The first-order valence-corrected chi connectivity index (χ1v) is 4.03. The van der Waals surface area contributed by atoms with Gasteiger partial charge >= 0.3 is 5.97 Å². The topological polar surface area (TPSA) is 46.5 Å². The van der Waals surface area contributed by atoms with Crippen molar-refractivity contribution < 1.29 is 14.6 Å². The van der Waals surface area contributed by atoms with Crippen molar-refractivity contribution in [1.29, 1.82) is 0 Å². The molecule has 0 bridgehead atoms. The van der Waals surface area contributed by atoms with E-state index < -0.39 is 5.97 Å². The van der Waals surface area contributed by atoms with Crippen molar-refractivity contribution in [2.75, 3.05) is 7.11 Å². The monoisotopic (exact) mass is 190 g/mol. The van der Waals surface area contributed by atoms with E-state index in [0.717, 1.165) is 5.56 Å². The third-order valence-corrected chi connectivity index (χ3v) is 1.70. The first-order chi connectivity index (χ1) is 6.63. The van der Waals surface area contributed by atoms with Crippen LogP contribution in [-0.2, 0) is 9.53 Å². The highest BCUT2D eigenvalue weighted by Gasteiger charge is 1.96. The molecule has 3 nitrogen and oxygen atoms in total. The fraction of sp³-hybridized carbons (Fsp3) is 0.182. The molecule has 1 aromatic carbocycles. The van der Waals surface area contributed by atoms with Gasteiger partial charge in [0.25, 0.3) is 0 Å². The number of hydrogen-bond acceptors (Lipinski definition) is 3. The number of hydrogen-bond donors (Lipinski definition) is 1. The molecule has 0 saturated carbocycles. The highest BCUT2D eigenvalue weighted by molar-refractivity contribution is 5.89. The second-order valence-corrected chi connectivity index (χ2v) is 2.74. The van der Waals surface area contributed by atoms with Gasteiger partial charge in [0.2, 0.25) is 0 Å². The number of rotatable bonds is 0. The second-order valence-electron chi connectivity index (χ2n) is 2.74. The van der Waals surface area contributed by atoms with E-state index >= 15 is 0 Å². The van der Waals surface area contributed by atoms with Gasteiger partial charge in [-0.05, 0) is 24.6 Å². The summed E-state index contributed by atoms with van der Waals surface area (Å²) < 4.78 is 4.35. The Kier molecular flexibility index (Phi) is 3.14. The van der Waals surface area contributed by atoms with Crippen molar-refractivity contribution >= 4 is 5.97 Å². The zero-order valence-electron chi connectivity index (χ0n) is 8.00. The Labute approximate surface area is 82.3 Å². The van der Waals surface area contributed by atoms with Gasteiger partial charge in [0.15, 0.2) is 0 Å². The largest absolute Gasteiger partial charge is 0.508 e. The summed E-state index contributed by atoms with van der Waals surface area (Å²) in [6.45, 7) is 1.78. The third-order valence-electron chi connectivity index (χ3n) is 1.70. The van der Waals surface area contributed by atoms with Gasteiger partial charge in [-0.1, -0.05) is 12.0 Å². The maximum Gasteiger partial charge on any atom is 0.384 e. The second kappa shape index (κ2) is 4.33. The zero-order chi connectivity index (χ0) is 10.6. The van der Waals surface area contributed by atoms with Crippen molar-refractivity contribution in [3.63, 3.8) is 0 Å². The maximum absolute atomic E-state index is 10.7. The molecule has 0 amide bonds. The van der Waals surface area contributed by atoms with Gasteiger partial charge in [-0.25, -0.2) is 4.79 Å². The number of phenolic OH excluding ortho intramolecular Hbond substituents is 1. The molecule has 0 unspecified atom stereocenters.